The Hall–Kier alpha value is -9.13. The molecule has 15 rings (SSSR count). The number of fused-ring (bicyclic) bond motifs is 15. The van der Waals surface area contributed by atoms with Crippen LogP contribution in [0.5, 0.6) is 0 Å². The molecule has 0 amide bonds. The highest BCUT2D eigenvalue weighted by Crippen LogP contribution is 2.43. The van der Waals surface area contributed by atoms with Crippen LogP contribution in [0.15, 0.2) is 215 Å². The van der Waals surface area contributed by atoms with E-state index < -0.39 is 0 Å². The van der Waals surface area contributed by atoms with Crippen LogP contribution in [0.3, 0.4) is 0 Å². The summed E-state index contributed by atoms with van der Waals surface area (Å²) >= 11 is 0. The fourth-order valence-corrected chi connectivity index (χ4v) is 10.7. The fraction of sp³-hybridized carbons (Fsp3) is 0. The first-order valence-electron chi connectivity index (χ1n) is 22.6. The van der Waals surface area contributed by atoms with Crippen molar-refractivity contribution in [3.05, 3.63) is 206 Å². The molecule has 0 N–H and O–H groups in total. The molecular weight excluding hydrogens is 821 g/mol. The Balaban J connectivity index is 0.958. The lowest BCUT2D eigenvalue weighted by Crippen LogP contribution is -2.00. The number of aromatic nitrogens is 4. The van der Waals surface area contributed by atoms with Crippen LogP contribution in [0.2, 0.25) is 0 Å². The number of hydrogen-bond acceptors (Lipinski definition) is 5. The second-order valence-corrected chi connectivity index (χ2v) is 17.5. The van der Waals surface area contributed by atoms with Gasteiger partial charge >= 0.3 is 0 Å². The molecule has 0 saturated heterocycles. The van der Waals surface area contributed by atoms with Crippen molar-refractivity contribution in [3.63, 3.8) is 0 Å². The summed E-state index contributed by atoms with van der Waals surface area (Å²) in [6.07, 6.45) is 0. The summed E-state index contributed by atoms with van der Waals surface area (Å²) in [6, 6.07) is 72.8. The zero-order valence-electron chi connectivity index (χ0n) is 35.7. The summed E-state index contributed by atoms with van der Waals surface area (Å²) in [6.45, 7) is 0. The maximum Gasteiger partial charge on any atom is 0.167 e. The third-order valence-corrected chi connectivity index (χ3v) is 13.8. The Kier molecular flexibility index (Phi) is 7.40. The number of furan rings is 2. The Morgan fingerprint density at radius 1 is 0.313 bits per heavy atom. The van der Waals surface area contributed by atoms with Gasteiger partial charge in [-0.25, -0.2) is 15.0 Å². The van der Waals surface area contributed by atoms with Crippen LogP contribution in [0.1, 0.15) is 0 Å². The third-order valence-electron chi connectivity index (χ3n) is 13.8. The van der Waals surface area contributed by atoms with Crippen molar-refractivity contribution >= 4 is 109 Å². The summed E-state index contributed by atoms with van der Waals surface area (Å²) in [5.74, 6) is 1.65. The van der Waals surface area contributed by atoms with E-state index in [1.165, 1.54) is 43.4 Å². The minimum Gasteiger partial charge on any atom is -0.456 e. The number of para-hydroxylation sites is 2. The van der Waals surface area contributed by atoms with Crippen LogP contribution in [0.25, 0.3) is 149 Å². The van der Waals surface area contributed by atoms with Gasteiger partial charge in [-0.2, -0.15) is 0 Å². The molecule has 0 unspecified atom stereocenters. The Morgan fingerprint density at radius 2 is 0.940 bits per heavy atom. The van der Waals surface area contributed by atoms with E-state index in [1.54, 1.807) is 0 Å². The Labute approximate surface area is 381 Å². The quantitative estimate of drug-likeness (QED) is 0.176. The molecule has 0 radical (unpaired) electrons. The lowest BCUT2D eigenvalue weighted by molar-refractivity contribution is 0.668. The van der Waals surface area contributed by atoms with E-state index >= 15 is 0 Å². The molecule has 310 valence electrons. The van der Waals surface area contributed by atoms with Gasteiger partial charge in [0.15, 0.2) is 17.5 Å². The average molecular weight is 855 g/mol. The first kappa shape index (κ1) is 36.2. The zero-order chi connectivity index (χ0) is 43.7. The normalized spacial score (nSPS) is 12.2. The molecule has 67 heavy (non-hydrogen) atoms. The molecule has 0 bridgehead atoms. The minimum absolute atomic E-state index is 0.525. The van der Waals surface area contributed by atoms with E-state index in [4.69, 9.17) is 23.8 Å². The molecular formula is C61H34N4O2. The van der Waals surface area contributed by atoms with Crippen molar-refractivity contribution in [2.75, 3.05) is 0 Å². The Bertz CT molecular complexity index is 4590. The van der Waals surface area contributed by atoms with Gasteiger partial charge in [0.05, 0.1) is 16.6 Å². The molecule has 0 spiro atoms. The smallest absolute Gasteiger partial charge is 0.167 e. The molecule has 0 aliphatic carbocycles. The lowest BCUT2D eigenvalue weighted by atomic mass is 10.0. The highest BCUT2D eigenvalue weighted by molar-refractivity contribution is 6.24. The third kappa shape index (κ3) is 5.35. The summed E-state index contributed by atoms with van der Waals surface area (Å²) in [4.78, 5) is 15.7. The van der Waals surface area contributed by atoms with Crippen LogP contribution in [0.4, 0.5) is 0 Å². The van der Waals surface area contributed by atoms with Crippen molar-refractivity contribution in [2.24, 2.45) is 0 Å². The second-order valence-electron chi connectivity index (χ2n) is 17.5. The van der Waals surface area contributed by atoms with Crippen LogP contribution in [0, 0.1) is 0 Å². The van der Waals surface area contributed by atoms with Gasteiger partial charge in [-0.3, -0.25) is 0 Å². The molecule has 4 heterocycles. The lowest BCUT2D eigenvalue weighted by Gasteiger charge is -2.11. The largest absolute Gasteiger partial charge is 0.456 e. The SMILES string of the molecule is c1ccc2cc3c(cc2c1)c1c2ccccc2ccc1n3-c1ccc2ccc3oc4c(-c5nc(-c6ccc7c(c6)oc6ccccc67)nc(-c6cccc7ccccc67)n5)cccc4c3c2c1. The van der Waals surface area contributed by atoms with E-state index in [1.807, 2.05) is 24.3 Å². The van der Waals surface area contributed by atoms with Gasteiger partial charge < -0.3 is 13.4 Å². The zero-order valence-corrected chi connectivity index (χ0v) is 35.7. The van der Waals surface area contributed by atoms with E-state index in [2.05, 4.69) is 187 Å². The number of nitrogens with zero attached hydrogens (tertiary/aromatic N) is 4. The van der Waals surface area contributed by atoms with Gasteiger partial charge in [0.1, 0.15) is 22.3 Å². The first-order chi connectivity index (χ1) is 33.2. The van der Waals surface area contributed by atoms with Gasteiger partial charge in [0, 0.05) is 49.1 Å². The first-order valence-corrected chi connectivity index (χ1v) is 22.6. The topological polar surface area (TPSA) is 69.9 Å². The van der Waals surface area contributed by atoms with Gasteiger partial charge in [0.2, 0.25) is 0 Å². The molecule has 6 nitrogen and oxygen atoms in total. The number of benzene rings is 11. The van der Waals surface area contributed by atoms with Crippen molar-refractivity contribution in [1.29, 1.82) is 0 Å². The van der Waals surface area contributed by atoms with E-state index in [0.717, 1.165) is 87.8 Å². The summed E-state index contributed by atoms with van der Waals surface area (Å²) in [7, 11) is 0. The predicted octanol–water partition coefficient (Wildman–Crippen LogP) is 16.4. The Morgan fingerprint density at radius 3 is 1.82 bits per heavy atom. The monoisotopic (exact) mass is 854 g/mol. The maximum atomic E-state index is 6.94. The van der Waals surface area contributed by atoms with Crippen molar-refractivity contribution in [2.45, 2.75) is 0 Å². The molecule has 0 atom stereocenters. The van der Waals surface area contributed by atoms with E-state index in [-0.39, 0.29) is 0 Å². The summed E-state index contributed by atoms with van der Waals surface area (Å²) in [5.41, 5.74) is 9.10. The summed E-state index contributed by atoms with van der Waals surface area (Å²) < 4.78 is 15.7. The van der Waals surface area contributed by atoms with Crippen LogP contribution >= 0.6 is 0 Å². The molecule has 0 fully saturated rings. The van der Waals surface area contributed by atoms with E-state index in [0.29, 0.717) is 17.5 Å². The molecule has 15 aromatic rings. The van der Waals surface area contributed by atoms with Crippen molar-refractivity contribution in [1.82, 2.24) is 19.5 Å². The van der Waals surface area contributed by atoms with Gasteiger partial charge in [-0.05, 0) is 104 Å². The molecule has 11 aromatic carbocycles. The van der Waals surface area contributed by atoms with Gasteiger partial charge in [-0.1, -0.05) is 146 Å². The predicted molar refractivity (Wildman–Crippen MR) is 275 cm³/mol. The van der Waals surface area contributed by atoms with Gasteiger partial charge in [0.25, 0.3) is 0 Å². The fourth-order valence-electron chi connectivity index (χ4n) is 10.7. The number of hydrogen-bond donors (Lipinski definition) is 0. The second kappa shape index (κ2) is 13.7. The molecule has 0 aliphatic heterocycles. The molecule has 0 aliphatic rings. The molecule has 4 aromatic heterocycles. The van der Waals surface area contributed by atoms with Crippen LogP contribution in [-0.4, -0.2) is 19.5 Å². The van der Waals surface area contributed by atoms with Crippen LogP contribution < -0.4 is 0 Å². The summed E-state index contributed by atoms with van der Waals surface area (Å²) in [5, 5.41) is 16.0. The minimum atomic E-state index is 0.525. The maximum absolute atomic E-state index is 6.94. The van der Waals surface area contributed by atoms with Crippen molar-refractivity contribution in [3.8, 4) is 39.9 Å². The standard InChI is InChI=1S/C61H34N4O2/c1-2-14-39-32-52-50(31-38(39)13-1)56-43-17-6-4-12-36(43)25-29-51(56)65(52)41-27-23-37-26-30-54-57(49(37)34-41)47-20-10-21-48(58(47)67-54)61-63-59(40-24-28-45-44-18-7-8-22-53(44)66-55(45)33-40)62-60(64-61)46-19-9-15-35-11-3-5-16-42(35)46/h1-34H. The molecule has 0 saturated carbocycles. The van der Waals surface area contributed by atoms with Crippen LogP contribution in [-0.2, 0) is 0 Å². The highest BCUT2D eigenvalue weighted by atomic mass is 16.3. The van der Waals surface area contributed by atoms with Gasteiger partial charge in [-0.15, -0.1) is 0 Å². The number of rotatable bonds is 4. The highest BCUT2D eigenvalue weighted by Gasteiger charge is 2.22. The van der Waals surface area contributed by atoms with Crippen molar-refractivity contribution < 1.29 is 8.83 Å². The average Bonchev–Trinajstić information content (AvgIpc) is 4.07. The molecule has 6 heteroatoms. The van der Waals surface area contributed by atoms with E-state index in [9.17, 15) is 0 Å².